The van der Waals surface area contributed by atoms with E-state index in [2.05, 4.69) is 32.8 Å². The second kappa shape index (κ2) is 8.52. The van der Waals surface area contributed by atoms with Crippen LogP contribution in [-0.4, -0.2) is 39.7 Å². The van der Waals surface area contributed by atoms with E-state index in [9.17, 15) is 4.79 Å². The van der Waals surface area contributed by atoms with Gasteiger partial charge in [0.25, 0.3) is 0 Å². The Labute approximate surface area is 164 Å². The Kier molecular flexibility index (Phi) is 5.67. The lowest BCUT2D eigenvalue weighted by molar-refractivity contribution is -0.122. The van der Waals surface area contributed by atoms with Crippen molar-refractivity contribution in [2.75, 3.05) is 13.2 Å². The number of fused-ring (bicyclic) bond motifs is 1. The SMILES string of the molecule is CCc1nc2ccccc2n1CCC(=O)N[C@@H]1COC[C@H]1Cc1ccncc1. The Morgan fingerprint density at radius 1 is 1.21 bits per heavy atom. The Balaban J connectivity index is 1.37. The number of rotatable bonds is 7. The van der Waals surface area contributed by atoms with Crippen molar-refractivity contribution in [3.8, 4) is 0 Å². The van der Waals surface area contributed by atoms with Crippen LogP contribution in [0.2, 0.25) is 0 Å². The van der Waals surface area contributed by atoms with Crippen LogP contribution in [0.15, 0.2) is 48.8 Å². The van der Waals surface area contributed by atoms with Gasteiger partial charge in [-0.05, 0) is 36.2 Å². The van der Waals surface area contributed by atoms with Crippen molar-refractivity contribution >= 4 is 16.9 Å². The molecule has 146 valence electrons. The zero-order valence-corrected chi connectivity index (χ0v) is 16.2. The lowest BCUT2D eigenvalue weighted by Gasteiger charge is -2.19. The van der Waals surface area contributed by atoms with Crippen LogP contribution in [0.1, 0.15) is 24.7 Å². The molecule has 4 rings (SSSR count). The van der Waals surface area contributed by atoms with Crippen molar-refractivity contribution in [2.45, 2.75) is 38.8 Å². The summed E-state index contributed by atoms with van der Waals surface area (Å²) in [5.41, 5.74) is 3.30. The molecule has 0 unspecified atom stereocenters. The van der Waals surface area contributed by atoms with E-state index in [1.54, 1.807) is 12.4 Å². The van der Waals surface area contributed by atoms with Crippen LogP contribution in [0.4, 0.5) is 0 Å². The van der Waals surface area contributed by atoms with Crippen LogP contribution >= 0.6 is 0 Å². The monoisotopic (exact) mass is 378 g/mol. The number of imidazole rings is 1. The van der Waals surface area contributed by atoms with Crippen molar-refractivity contribution < 1.29 is 9.53 Å². The first-order chi connectivity index (χ1) is 13.7. The molecule has 0 bridgehead atoms. The van der Waals surface area contributed by atoms with E-state index in [0.717, 1.165) is 29.7 Å². The number of benzene rings is 1. The smallest absolute Gasteiger partial charge is 0.222 e. The standard InChI is InChI=1S/C22H26N4O2/c1-2-21-24-18-5-3-4-6-20(18)26(21)12-9-22(27)25-19-15-28-14-17(19)13-16-7-10-23-11-8-16/h3-8,10-11,17,19H,2,9,12-15H2,1H3,(H,25,27)/t17-,19-/m1/s1. The molecule has 1 fully saturated rings. The number of hydrogen-bond donors (Lipinski definition) is 1. The summed E-state index contributed by atoms with van der Waals surface area (Å²) in [5, 5.41) is 3.18. The number of aromatic nitrogens is 3. The van der Waals surface area contributed by atoms with Crippen LogP contribution < -0.4 is 5.32 Å². The topological polar surface area (TPSA) is 69.0 Å². The van der Waals surface area contributed by atoms with E-state index >= 15 is 0 Å². The first-order valence-electron chi connectivity index (χ1n) is 9.94. The summed E-state index contributed by atoms with van der Waals surface area (Å²) in [6.45, 7) is 3.99. The van der Waals surface area contributed by atoms with Gasteiger partial charge in [0.05, 0.1) is 30.3 Å². The number of carbonyl (C=O) groups is 1. The van der Waals surface area contributed by atoms with Gasteiger partial charge >= 0.3 is 0 Å². The third kappa shape index (κ3) is 4.07. The number of nitrogens with zero attached hydrogens (tertiary/aromatic N) is 3. The molecule has 1 saturated heterocycles. The van der Waals surface area contributed by atoms with Crippen LogP contribution in [0.25, 0.3) is 11.0 Å². The molecule has 6 nitrogen and oxygen atoms in total. The summed E-state index contributed by atoms with van der Waals surface area (Å²) in [6.07, 6.45) is 5.78. The molecule has 2 aromatic heterocycles. The van der Waals surface area contributed by atoms with Crippen LogP contribution in [0.3, 0.4) is 0 Å². The summed E-state index contributed by atoms with van der Waals surface area (Å²) < 4.78 is 7.80. The zero-order chi connectivity index (χ0) is 19.3. The molecule has 0 aliphatic carbocycles. The van der Waals surface area contributed by atoms with E-state index in [1.165, 1.54) is 5.56 Å². The number of amides is 1. The molecule has 1 aromatic carbocycles. The summed E-state index contributed by atoms with van der Waals surface area (Å²) in [6, 6.07) is 12.2. The Hall–Kier alpha value is -2.73. The van der Waals surface area contributed by atoms with E-state index in [-0.39, 0.29) is 11.9 Å². The minimum atomic E-state index is 0.0610. The second-order valence-electron chi connectivity index (χ2n) is 7.30. The van der Waals surface area contributed by atoms with Crippen LogP contribution in [-0.2, 0) is 28.9 Å². The lowest BCUT2D eigenvalue weighted by atomic mass is 9.95. The van der Waals surface area contributed by atoms with Crippen LogP contribution in [0, 0.1) is 5.92 Å². The highest BCUT2D eigenvalue weighted by atomic mass is 16.5. The molecule has 3 aromatic rings. The largest absolute Gasteiger partial charge is 0.379 e. The fourth-order valence-corrected chi connectivity index (χ4v) is 3.92. The molecule has 28 heavy (non-hydrogen) atoms. The van der Waals surface area contributed by atoms with E-state index in [0.29, 0.717) is 32.1 Å². The van der Waals surface area contributed by atoms with E-state index < -0.39 is 0 Å². The molecule has 1 aliphatic heterocycles. The third-order valence-corrected chi connectivity index (χ3v) is 5.40. The second-order valence-corrected chi connectivity index (χ2v) is 7.30. The van der Waals surface area contributed by atoms with Gasteiger partial charge in [-0.3, -0.25) is 9.78 Å². The van der Waals surface area contributed by atoms with Gasteiger partial charge in [0.15, 0.2) is 0 Å². The highest BCUT2D eigenvalue weighted by Crippen LogP contribution is 2.20. The number of para-hydroxylation sites is 2. The fraction of sp³-hybridized carbons (Fsp3) is 0.409. The lowest BCUT2D eigenvalue weighted by Crippen LogP contribution is -2.40. The van der Waals surface area contributed by atoms with Gasteiger partial charge in [-0.25, -0.2) is 4.98 Å². The zero-order valence-electron chi connectivity index (χ0n) is 16.2. The van der Waals surface area contributed by atoms with Gasteiger partial charge < -0.3 is 14.6 Å². The third-order valence-electron chi connectivity index (χ3n) is 5.40. The molecule has 6 heteroatoms. The molecule has 1 aliphatic rings. The summed E-state index contributed by atoms with van der Waals surface area (Å²) in [7, 11) is 0. The molecule has 2 atom stereocenters. The molecule has 1 amide bonds. The number of ether oxygens (including phenoxy) is 1. The number of nitrogens with one attached hydrogen (secondary N) is 1. The maximum atomic E-state index is 12.6. The molecule has 0 radical (unpaired) electrons. The molecular formula is C22H26N4O2. The molecular weight excluding hydrogens is 352 g/mol. The Morgan fingerprint density at radius 3 is 2.86 bits per heavy atom. The number of hydrogen-bond acceptors (Lipinski definition) is 4. The molecule has 1 N–H and O–H groups in total. The van der Waals surface area contributed by atoms with Gasteiger partial charge in [0, 0.05) is 37.7 Å². The predicted molar refractivity (Wildman–Crippen MR) is 108 cm³/mol. The normalized spacial score (nSPS) is 19.2. The van der Waals surface area contributed by atoms with E-state index in [4.69, 9.17) is 4.74 Å². The first kappa shape index (κ1) is 18.6. The summed E-state index contributed by atoms with van der Waals surface area (Å²) >= 11 is 0. The van der Waals surface area contributed by atoms with Gasteiger partial charge in [-0.1, -0.05) is 19.1 Å². The minimum absolute atomic E-state index is 0.0610. The van der Waals surface area contributed by atoms with Gasteiger partial charge in [0.2, 0.25) is 5.91 Å². The molecule has 0 saturated carbocycles. The maximum absolute atomic E-state index is 12.6. The highest BCUT2D eigenvalue weighted by molar-refractivity contribution is 5.78. The summed E-state index contributed by atoms with van der Waals surface area (Å²) in [4.78, 5) is 21.4. The van der Waals surface area contributed by atoms with Crippen molar-refractivity contribution in [1.82, 2.24) is 19.9 Å². The summed E-state index contributed by atoms with van der Waals surface area (Å²) in [5.74, 6) is 1.38. The van der Waals surface area contributed by atoms with Crippen LogP contribution in [0.5, 0.6) is 0 Å². The molecule has 0 spiro atoms. The molecule has 3 heterocycles. The number of carbonyl (C=O) groups excluding carboxylic acids is 1. The highest BCUT2D eigenvalue weighted by Gasteiger charge is 2.29. The van der Waals surface area contributed by atoms with Gasteiger partial charge in [-0.15, -0.1) is 0 Å². The maximum Gasteiger partial charge on any atom is 0.222 e. The average Bonchev–Trinajstić information content (AvgIpc) is 3.31. The number of aryl methyl sites for hydroxylation is 2. The van der Waals surface area contributed by atoms with Gasteiger partial charge in [-0.2, -0.15) is 0 Å². The average molecular weight is 378 g/mol. The van der Waals surface area contributed by atoms with Crippen molar-refractivity contribution in [3.05, 3.63) is 60.2 Å². The van der Waals surface area contributed by atoms with Crippen molar-refractivity contribution in [1.29, 1.82) is 0 Å². The predicted octanol–water partition coefficient (Wildman–Crippen LogP) is 2.76. The minimum Gasteiger partial charge on any atom is -0.379 e. The van der Waals surface area contributed by atoms with Crippen molar-refractivity contribution in [3.63, 3.8) is 0 Å². The Bertz CT molecular complexity index is 938. The van der Waals surface area contributed by atoms with Crippen molar-refractivity contribution in [2.24, 2.45) is 5.92 Å². The van der Waals surface area contributed by atoms with E-state index in [1.807, 2.05) is 30.3 Å². The fourth-order valence-electron chi connectivity index (χ4n) is 3.92. The first-order valence-corrected chi connectivity index (χ1v) is 9.94. The Morgan fingerprint density at radius 2 is 2.04 bits per heavy atom. The quantitative estimate of drug-likeness (QED) is 0.686. The van der Waals surface area contributed by atoms with Gasteiger partial charge in [0.1, 0.15) is 5.82 Å². The number of pyridine rings is 1.